The summed E-state index contributed by atoms with van der Waals surface area (Å²) >= 11 is 0. The number of fused-ring (bicyclic) bond motifs is 1. The van der Waals surface area contributed by atoms with Gasteiger partial charge in [-0.3, -0.25) is 9.78 Å². The van der Waals surface area contributed by atoms with Crippen molar-refractivity contribution < 1.29 is 17.9 Å². The smallest absolute Gasteiger partial charge is 0.252 e. The van der Waals surface area contributed by atoms with E-state index in [0.29, 0.717) is 39.8 Å². The fourth-order valence-corrected chi connectivity index (χ4v) is 5.58. The number of hydrogen-bond acceptors (Lipinski definition) is 8. The molecule has 5 rings (SSSR count). The van der Waals surface area contributed by atoms with Crippen molar-refractivity contribution in [1.29, 1.82) is 0 Å². The normalized spacial score (nSPS) is 10.8. The first-order valence-corrected chi connectivity index (χ1v) is 13.8. The van der Waals surface area contributed by atoms with Crippen LogP contribution in [0.15, 0.2) is 90.0 Å². The molecule has 2 aromatic heterocycles. The molecule has 10 nitrogen and oxygen atoms in total. The van der Waals surface area contributed by atoms with Crippen molar-refractivity contribution in [3.63, 3.8) is 0 Å². The molecule has 4 N–H and O–H groups in total. The lowest BCUT2D eigenvalue weighted by Crippen LogP contribution is -2.24. The average molecular weight is 628 g/mol. The van der Waals surface area contributed by atoms with Crippen LogP contribution in [0.25, 0.3) is 22.0 Å². The van der Waals surface area contributed by atoms with E-state index in [0.717, 1.165) is 10.8 Å². The zero-order chi connectivity index (χ0) is 28.3. The van der Waals surface area contributed by atoms with Gasteiger partial charge in [0.15, 0.2) is 5.82 Å². The van der Waals surface area contributed by atoms with E-state index in [1.165, 1.54) is 7.11 Å². The molecule has 218 valence electrons. The maximum Gasteiger partial charge on any atom is 0.252 e. The van der Waals surface area contributed by atoms with Crippen LogP contribution in [0, 0.1) is 6.92 Å². The molecule has 3 aromatic carbocycles. The maximum atomic E-state index is 13.2. The largest absolute Gasteiger partial charge is 0.496 e. The van der Waals surface area contributed by atoms with Gasteiger partial charge < -0.3 is 15.8 Å². The first kappa shape index (κ1) is 32.2. The number of amides is 1. The Morgan fingerprint density at radius 2 is 1.67 bits per heavy atom. The van der Waals surface area contributed by atoms with Gasteiger partial charge in [0.2, 0.25) is 10.0 Å². The van der Waals surface area contributed by atoms with E-state index < -0.39 is 15.9 Å². The summed E-state index contributed by atoms with van der Waals surface area (Å²) in [5.41, 5.74) is 8.63. The Morgan fingerprint density at radius 1 is 0.929 bits per heavy atom. The topological polar surface area (TPSA) is 149 Å². The standard InChI is InChI=1S/C29H26N6O4S.2ClH/c1-18-10-11-19(15-26(18)40(37,38)32-17-21-7-5-6-14-31-21)27-22-8-3-4-9-23(22)29(35-34-27)33-20-12-13-25(39-2)24(16-20)28(30)36;;/h3-16,32H,17H2,1-2H3,(H2,30,36)(H,33,35);2*1H. The number of carbonyl (C=O) groups is 1. The summed E-state index contributed by atoms with van der Waals surface area (Å²) < 4.78 is 34.3. The molecule has 13 heteroatoms. The maximum absolute atomic E-state index is 13.2. The van der Waals surface area contributed by atoms with E-state index in [2.05, 4.69) is 25.2 Å². The molecule has 2 heterocycles. The third-order valence-corrected chi connectivity index (χ3v) is 7.88. The summed E-state index contributed by atoms with van der Waals surface area (Å²) in [5.74, 6) is 0.201. The predicted octanol–water partition coefficient (Wildman–Crippen LogP) is 5.17. The van der Waals surface area contributed by atoms with Crippen LogP contribution in [-0.2, 0) is 16.6 Å². The number of nitrogens with one attached hydrogen (secondary N) is 2. The van der Waals surface area contributed by atoms with E-state index in [-0.39, 0.29) is 41.8 Å². The van der Waals surface area contributed by atoms with Crippen LogP contribution in [0.1, 0.15) is 21.6 Å². The molecule has 0 unspecified atom stereocenters. The van der Waals surface area contributed by atoms with Crippen molar-refractivity contribution in [3.05, 3.63) is 102 Å². The number of halogens is 2. The van der Waals surface area contributed by atoms with Crippen LogP contribution in [-0.4, -0.2) is 36.6 Å². The first-order valence-electron chi connectivity index (χ1n) is 12.3. The number of sulfonamides is 1. The Hall–Kier alpha value is -4.29. The first-order chi connectivity index (χ1) is 19.3. The molecular formula is C29H28Cl2N6O4S. The molecule has 5 aromatic rings. The Labute approximate surface area is 255 Å². The third kappa shape index (κ3) is 6.77. The summed E-state index contributed by atoms with van der Waals surface area (Å²) in [6, 6.07) is 23.0. The highest BCUT2D eigenvalue weighted by Crippen LogP contribution is 2.33. The number of aryl methyl sites for hydroxylation is 1. The molecule has 0 radical (unpaired) electrons. The lowest BCUT2D eigenvalue weighted by molar-refractivity contribution is 0.0997. The molecule has 0 spiro atoms. The minimum absolute atomic E-state index is 0. The Morgan fingerprint density at radius 3 is 2.36 bits per heavy atom. The molecule has 0 aliphatic heterocycles. The minimum atomic E-state index is -3.84. The fraction of sp³-hybridized carbons (Fsp3) is 0.103. The van der Waals surface area contributed by atoms with Gasteiger partial charge in [-0.25, -0.2) is 13.1 Å². The number of anilines is 2. The zero-order valence-corrected chi connectivity index (χ0v) is 25.0. The van der Waals surface area contributed by atoms with Gasteiger partial charge in [-0.05, 0) is 48.9 Å². The number of rotatable bonds is 9. The van der Waals surface area contributed by atoms with Crippen LogP contribution in [0.5, 0.6) is 5.75 Å². The van der Waals surface area contributed by atoms with Gasteiger partial charge in [0, 0.05) is 28.2 Å². The highest BCUT2D eigenvalue weighted by atomic mass is 35.5. The van der Waals surface area contributed by atoms with E-state index >= 15 is 0 Å². The van der Waals surface area contributed by atoms with Crippen molar-refractivity contribution in [2.24, 2.45) is 5.73 Å². The van der Waals surface area contributed by atoms with Gasteiger partial charge in [-0.2, -0.15) is 0 Å². The number of aromatic nitrogens is 3. The highest BCUT2D eigenvalue weighted by molar-refractivity contribution is 7.89. The third-order valence-electron chi connectivity index (χ3n) is 6.34. The molecule has 0 saturated carbocycles. The van der Waals surface area contributed by atoms with Crippen molar-refractivity contribution in [2.75, 3.05) is 12.4 Å². The van der Waals surface area contributed by atoms with Gasteiger partial charge in [0.25, 0.3) is 5.91 Å². The van der Waals surface area contributed by atoms with Crippen LogP contribution in [0.2, 0.25) is 0 Å². The number of methoxy groups -OCH3 is 1. The fourth-order valence-electron chi connectivity index (χ4n) is 4.31. The number of carbonyl (C=O) groups excluding carboxylic acids is 1. The van der Waals surface area contributed by atoms with Gasteiger partial charge in [-0.1, -0.05) is 42.5 Å². The monoisotopic (exact) mass is 626 g/mol. The summed E-state index contributed by atoms with van der Waals surface area (Å²) in [4.78, 5) is 16.2. The average Bonchev–Trinajstić information content (AvgIpc) is 2.97. The van der Waals surface area contributed by atoms with Crippen LogP contribution < -0.4 is 20.5 Å². The molecular weight excluding hydrogens is 599 g/mol. The number of ether oxygens (including phenoxy) is 1. The zero-order valence-electron chi connectivity index (χ0n) is 22.6. The van der Waals surface area contributed by atoms with Gasteiger partial charge >= 0.3 is 0 Å². The van der Waals surface area contributed by atoms with E-state index in [4.69, 9.17) is 10.5 Å². The van der Waals surface area contributed by atoms with Crippen LogP contribution in [0.4, 0.5) is 11.5 Å². The van der Waals surface area contributed by atoms with Gasteiger partial charge in [-0.15, -0.1) is 35.0 Å². The lowest BCUT2D eigenvalue weighted by atomic mass is 10.0. The molecule has 42 heavy (non-hydrogen) atoms. The quantitative estimate of drug-likeness (QED) is 0.203. The van der Waals surface area contributed by atoms with Crippen LogP contribution >= 0.6 is 24.8 Å². The van der Waals surface area contributed by atoms with E-state index in [1.54, 1.807) is 61.7 Å². The molecule has 0 bridgehead atoms. The number of hydrogen-bond donors (Lipinski definition) is 3. The van der Waals surface area contributed by atoms with Crippen molar-refractivity contribution in [2.45, 2.75) is 18.4 Å². The van der Waals surface area contributed by atoms with Crippen molar-refractivity contribution in [1.82, 2.24) is 19.9 Å². The van der Waals surface area contributed by atoms with Gasteiger partial charge in [0.1, 0.15) is 11.4 Å². The predicted molar refractivity (Wildman–Crippen MR) is 167 cm³/mol. The van der Waals surface area contributed by atoms with Gasteiger partial charge in [0.05, 0.1) is 29.8 Å². The second-order valence-electron chi connectivity index (χ2n) is 8.97. The summed E-state index contributed by atoms with van der Waals surface area (Å²) in [6.45, 7) is 1.81. The molecule has 0 atom stereocenters. The summed E-state index contributed by atoms with van der Waals surface area (Å²) in [5, 5.41) is 13.6. The van der Waals surface area contributed by atoms with E-state index in [9.17, 15) is 13.2 Å². The molecule has 0 fully saturated rings. The second-order valence-corrected chi connectivity index (χ2v) is 10.7. The number of nitrogens with two attached hydrogens (primary N) is 1. The number of benzene rings is 3. The molecule has 0 saturated heterocycles. The molecule has 0 aliphatic rings. The highest BCUT2D eigenvalue weighted by Gasteiger charge is 2.20. The van der Waals surface area contributed by atoms with Crippen LogP contribution in [0.3, 0.4) is 0 Å². The summed E-state index contributed by atoms with van der Waals surface area (Å²) in [6.07, 6.45) is 1.61. The molecule has 0 aliphatic carbocycles. The minimum Gasteiger partial charge on any atom is -0.496 e. The number of nitrogens with zero attached hydrogens (tertiary/aromatic N) is 3. The summed E-state index contributed by atoms with van der Waals surface area (Å²) in [7, 11) is -2.37. The van der Waals surface area contributed by atoms with E-state index in [1.807, 2.05) is 30.3 Å². The van der Waals surface area contributed by atoms with Crippen molar-refractivity contribution >= 4 is 63.0 Å². The Kier molecular flexibility index (Phi) is 10.4. The molecule has 1 amide bonds. The second kappa shape index (κ2) is 13.6. The van der Waals surface area contributed by atoms with Crippen molar-refractivity contribution in [3.8, 4) is 17.0 Å². The number of pyridine rings is 1. The Bertz CT molecular complexity index is 1840. The Balaban J connectivity index is 0.00000242. The SMILES string of the molecule is COc1ccc(Nc2nnc(-c3ccc(C)c(S(=O)(=O)NCc4ccccn4)c3)c3ccccc23)cc1C(N)=O.Cl.Cl. The lowest BCUT2D eigenvalue weighted by Gasteiger charge is -2.14. The number of primary amides is 1.